The van der Waals surface area contributed by atoms with Crippen LogP contribution in [0.25, 0.3) is 28.2 Å². The Morgan fingerprint density at radius 2 is 1.65 bits per heavy atom. The predicted octanol–water partition coefficient (Wildman–Crippen LogP) is 4.11. The number of nitrogens with one attached hydrogen (secondary N) is 1. The molecule has 1 aromatic carbocycles. The van der Waals surface area contributed by atoms with E-state index < -0.39 is 0 Å². The second-order valence-corrected chi connectivity index (χ2v) is 5.30. The second-order valence-electron chi connectivity index (χ2n) is 5.30. The van der Waals surface area contributed by atoms with E-state index in [1.165, 1.54) is 0 Å². The first kappa shape index (κ1) is 13.5. The van der Waals surface area contributed by atoms with Crippen molar-refractivity contribution in [1.29, 1.82) is 0 Å². The van der Waals surface area contributed by atoms with Gasteiger partial charge in [0.15, 0.2) is 0 Å². The van der Waals surface area contributed by atoms with Crippen LogP contribution in [0.15, 0.2) is 73.2 Å². The van der Waals surface area contributed by atoms with E-state index in [4.69, 9.17) is 4.98 Å². The highest BCUT2D eigenvalue weighted by Gasteiger charge is 2.15. The summed E-state index contributed by atoms with van der Waals surface area (Å²) in [7, 11) is 1.92. The molecule has 0 spiro atoms. The Morgan fingerprint density at radius 1 is 0.870 bits per heavy atom. The van der Waals surface area contributed by atoms with Crippen molar-refractivity contribution in [2.24, 2.45) is 0 Å². The van der Waals surface area contributed by atoms with Crippen molar-refractivity contribution in [2.75, 3.05) is 12.4 Å². The largest absolute Gasteiger partial charge is 0.388 e. The molecule has 3 aromatic heterocycles. The van der Waals surface area contributed by atoms with Crippen molar-refractivity contribution in [3.63, 3.8) is 0 Å². The van der Waals surface area contributed by atoms with Gasteiger partial charge in [0, 0.05) is 42.5 Å². The summed E-state index contributed by atoms with van der Waals surface area (Å²) in [6, 6.07) is 18.4. The second kappa shape index (κ2) is 5.57. The summed E-state index contributed by atoms with van der Waals surface area (Å²) in [5.74, 6) is 0. The molecule has 0 radical (unpaired) electrons. The van der Waals surface area contributed by atoms with Crippen LogP contribution in [0.3, 0.4) is 0 Å². The van der Waals surface area contributed by atoms with E-state index in [-0.39, 0.29) is 0 Å². The summed E-state index contributed by atoms with van der Waals surface area (Å²) in [5, 5.41) is 3.14. The van der Waals surface area contributed by atoms with Crippen LogP contribution in [0.1, 0.15) is 0 Å². The molecule has 0 bridgehead atoms. The van der Waals surface area contributed by atoms with Crippen LogP contribution in [0.4, 0.5) is 5.69 Å². The van der Waals surface area contributed by atoms with Crippen LogP contribution in [-0.2, 0) is 0 Å². The minimum Gasteiger partial charge on any atom is -0.388 e. The number of hydrogen-bond donors (Lipinski definition) is 1. The van der Waals surface area contributed by atoms with Gasteiger partial charge in [-0.3, -0.25) is 9.38 Å². The maximum Gasteiger partial charge on any atom is 0.137 e. The zero-order valence-corrected chi connectivity index (χ0v) is 12.8. The molecule has 112 valence electrons. The number of nitrogens with zero attached hydrogens (tertiary/aromatic N) is 3. The average molecular weight is 300 g/mol. The van der Waals surface area contributed by atoms with Crippen molar-refractivity contribution in [3.05, 3.63) is 73.2 Å². The fourth-order valence-corrected chi connectivity index (χ4v) is 2.78. The van der Waals surface area contributed by atoms with E-state index in [0.29, 0.717) is 0 Å². The van der Waals surface area contributed by atoms with Gasteiger partial charge in [-0.1, -0.05) is 18.2 Å². The van der Waals surface area contributed by atoms with Gasteiger partial charge < -0.3 is 5.32 Å². The highest BCUT2D eigenvalue weighted by Crippen LogP contribution is 2.32. The van der Waals surface area contributed by atoms with Gasteiger partial charge in [-0.25, -0.2) is 4.98 Å². The van der Waals surface area contributed by atoms with E-state index in [2.05, 4.69) is 39.0 Å². The van der Waals surface area contributed by atoms with E-state index in [9.17, 15) is 0 Å². The minimum atomic E-state index is 0.937. The van der Waals surface area contributed by atoms with Crippen LogP contribution in [0.5, 0.6) is 0 Å². The maximum atomic E-state index is 4.84. The normalized spacial score (nSPS) is 10.8. The van der Waals surface area contributed by atoms with Crippen LogP contribution >= 0.6 is 0 Å². The molecule has 0 aliphatic carbocycles. The van der Waals surface area contributed by atoms with Crippen LogP contribution in [0.2, 0.25) is 0 Å². The average Bonchev–Trinajstić information content (AvgIpc) is 3.02. The quantitative estimate of drug-likeness (QED) is 0.619. The van der Waals surface area contributed by atoms with E-state index in [0.717, 1.165) is 33.8 Å². The summed E-state index contributed by atoms with van der Waals surface area (Å²) >= 11 is 0. The van der Waals surface area contributed by atoms with E-state index in [1.807, 2.05) is 56.0 Å². The third-order valence-corrected chi connectivity index (χ3v) is 3.93. The Balaban J connectivity index is 1.98. The molecular weight excluding hydrogens is 284 g/mol. The first-order chi connectivity index (χ1) is 11.4. The first-order valence-corrected chi connectivity index (χ1v) is 7.52. The number of hydrogen-bond acceptors (Lipinski definition) is 3. The van der Waals surface area contributed by atoms with Gasteiger partial charge in [-0.15, -0.1) is 0 Å². The lowest BCUT2D eigenvalue weighted by Crippen LogP contribution is -1.90. The Morgan fingerprint density at radius 3 is 2.39 bits per heavy atom. The molecule has 4 heteroatoms. The van der Waals surface area contributed by atoms with Crippen molar-refractivity contribution in [2.45, 2.75) is 0 Å². The molecule has 4 rings (SSSR count). The van der Waals surface area contributed by atoms with Crippen molar-refractivity contribution < 1.29 is 0 Å². The van der Waals surface area contributed by atoms with Gasteiger partial charge in [-0.05, 0) is 36.4 Å². The van der Waals surface area contributed by atoms with Gasteiger partial charge >= 0.3 is 0 Å². The molecular formula is C19H16N4. The van der Waals surface area contributed by atoms with Crippen molar-refractivity contribution >= 4 is 11.3 Å². The summed E-state index contributed by atoms with van der Waals surface area (Å²) in [6.07, 6.45) is 5.67. The molecule has 0 aliphatic heterocycles. The van der Waals surface area contributed by atoms with Gasteiger partial charge in [-0.2, -0.15) is 0 Å². The maximum absolute atomic E-state index is 4.84. The summed E-state index contributed by atoms with van der Waals surface area (Å²) < 4.78 is 2.12. The van der Waals surface area contributed by atoms with Crippen LogP contribution < -0.4 is 5.32 Å². The number of aromatic nitrogens is 3. The highest BCUT2D eigenvalue weighted by molar-refractivity contribution is 5.82. The number of rotatable bonds is 3. The fraction of sp³-hybridized carbons (Fsp3) is 0.0526. The van der Waals surface area contributed by atoms with Gasteiger partial charge in [0.2, 0.25) is 0 Å². The molecule has 0 amide bonds. The Kier molecular flexibility index (Phi) is 3.27. The monoisotopic (exact) mass is 300 g/mol. The summed E-state index contributed by atoms with van der Waals surface area (Å²) in [5.41, 5.74) is 6.28. The predicted molar refractivity (Wildman–Crippen MR) is 93.4 cm³/mol. The van der Waals surface area contributed by atoms with Crippen LogP contribution in [0, 0.1) is 0 Å². The van der Waals surface area contributed by atoms with Gasteiger partial charge in [0.05, 0.1) is 11.4 Å². The lowest BCUT2D eigenvalue weighted by Gasteiger charge is -2.06. The van der Waals surface area contributed by atoms with E-state index >= 15 is 0 Å². The Bertz CT molecular complexity index is 940. The molecule has 0 saturated heterocycles. The molecule has 0 saturated carbocycles. The molecule has 0 fully saturated rings. The van der Waals surface area contributed by atoms with Gasteiger partial charge in [0.1, 0.15) is 5.65 Å². The summed E-state index contributed by atoms with van der Waals surface area (Å²) in [4.78, 5) is 8.96. The number of benzene rings is 1. The number of fused-ring (bicyclic) bond motifs is 1. The number of anilines is 1. The lowest BCUT2D eigenvalue weighted by molar-refractivity contribution is 1.19. The third kappa shape index (κ3) is 2.34. The first-order valence-electron chi connectivity index (χ1n) is 7.52. The zero-order valence-electron chi connectivity index (χ0n) is 12.8. The lowest BCUT2D eigenvalue weighted by atomic mass is 10.1. The molecule has 4 nitrogen and oxygen atoms in total. The molecule has 0 unspecified atom stereocenters. The fourth-order valence-electron chi connectivity index (χ4n) is 2.78. The number of pyridine rings is 2. The molecule has 4 aromatic rings. The SMILES string of the molecule is CNc1ccc(-c2nc3ccccn3c2-c2ccncc2)cc1. The minimum absolute atomic E-state index is 0.937. The molecule has 23 heavy (non-hydrogen) atoms. The van der Waals surface area contributed by atoms with E-state index in [1.54, 1.807) is 0 Å². The third-order valence-electron chi connectivity index (χ3n) is 3.93. The standard InChI is InChI=1S/C19H16N4/c1-20-16-7-5-14(6-8-16)18-19(15-9-11-21-12-10-15)23-13-3-2-4-17(23)22-18/h2-13,20H,1H3. The van der Waals surface area contributed by atoms with Crippen molar-refractivity contribution in [3.8, 4) is 22.5 Å². The highest BCUT2D eigenvalue weighted by atomic mass is 15.0. The van der Waals surface area contributed by atoms with Crippen molar-refractivity contribution in [1.82, 2.24) is 14.4 Å². The molecule has 1 N–H and O–H groups in total. The topological polar surface area (TPSA) is 42.2 Å². The summed E-state index contributed by atoms with van der Waals surface area (Å²) in [6.45, 7) is 0. The zero-order chi connectivity index (χ0) is 15.6. The molecule has 0 atom stereocenters. The Hall–Kier alpha value is -3.14. The number of imidazole rings is 1. The Labute approximate surface area is 134 Å². The molecule has 3 heterocycles. The molecule has 0 aliphatic rings. The van der Waals surface area contributed by atoms with Gasteiger partial charge in [0.25, 0.3) is 0 Å². The smallest absolute Gasteiger partial charge is 0.137 e. The van der Waals surface area contributed by atoms with Crippen LogP contribution in [-0.4, -0.2) is 21.4 Å².